The Balaban J connectivity index is 1.75. The van der Waals surface area contributed by atoms with Crippen LogP contribution in [0.1, 0.15) is 62.4 Å². The molecule has 0 radical (unpaired) electrons. The Bertz CT molecular complexity index is 1610. The number of fused-ring (bicyclic) bond motifs is 1. The predicted octanol–water partition coefficient (Wildman–Crippen LogP) is 7.51. The van der Waals surface area contributed by atoms with Crippen LogP contribution in [0.25, 0.3) is 10.8 Å². The van der Waals surface area contributed by atoms with Crippen molar-refractivity contribution in [1.82, 2.24) is 10.2 Å². The van der Waals surface area contributed by atoms with Gasteiger partial charge in [-0.15, -0.1) is 0 Å². The first kappa shape index (κ1) is 32.3. The molecule has 0 spiro atoms. The molecule has 0 heterocycles. The van der Waals surface area contributed by atoms with Crippen LogP contribution in [0.2, 0.25) is 0 Å². The fourth-order valence-corrected chi connectivity index (χ4v) is 5.37. The van der Waals surface area contributed by atoms with Gasteiger partial charge >= 0.3 is 6.09 Å². The number of aryl methyl sites for hydroxylation is 2. The van der Waals surface area contributed by atoms with Crippen molar-refractivity contribution in [3.63, 3.8) is 0 Å². The molecule has 3 amide bonds. The average molecular weight is 594 g/mol. The Hall–Kier alpha value is -4.65. The van der Waals surface area contributed by atoms with Crippen molar-refractivity contribution in [2.75, 3.05) is 11.9 Å². The fourth-order valence-electron chi connectivity index (χ4n) is 5.37. The van der Waals surface area contributed by atoms with Crippen molar-refractivity contribution >= 4 is 34.4 Å². The second kappa shape index (κ2) is 14.2. The van der Waals surface area contributed by atoms with E-state index in [1.54, 1.807) is 25.7 Å². The second-order valence-corrected chi connectivity index (χ2v) is 12.2. The number of rotatable bonds is 10. The monoisotopic (exact) mass is 593 g/mol. The van der Waals surface area contributed by atoms with Crippen LogP contribution < -0.4 is 10.6 Å². The van der Waals surface area contributed by atoms with Crippen molar-refractivity contribution in [3.05, 3.63) is 113 Å². The van der Waals surface area contributed by atoms with Crippen molar-refractivity contribution in [2.24, 2.45) is 0 Å². The minimum atomic E-state index is -0.958. The van der Waals surface area contributed by atoms with E-state index >= 15 is 0 Å². The number of carbonyl (C=O) groups excluding carboxylic acids is 3. The topological polar surface area (TPSA) is 87.7 Å². The van der Waals surface area contributed by atoms with E-state index in [1.807, 2.05) is 112 Å². The number of hydrogen-bond acceptors (Lipinski definition) is 4. The minimum absolute atomic E-state index is 0.241. The molecule has 0 aromatic heterocycles. The van der Waals surface area contributed by atoms with Gasteiger partial charge < -0.3 is 20.3 Å². The molecule has 0 aliphatic rings. The maximum absolute atomic E-state index is 14.5. The minimum Gasteiger partial charge on any atom is -0.444 e. The highest BCUT2D eigenvalue weighted by Gasteiger charge is 2.36. The smallest absolute Gasteiger partial charge is 0.408 e. The summed E-state index contributed by atoms with van der Waals surface area (Å²) in [6.45, 7) is 11.5. The highest BCUT2D eigenvalue weighted by Crippen LogP contribution is 2.29. The molecular weight excluding hydrogens is 550 g/mol. The second-order valence-electron chi connectivity index (χ2n) is 12.2. The van der Waals surface area contributed by atoms with Crippen molar-refractivity contribution < 1.29 is 19.1 Å². The summed E-state index contributed by atoms with van der Waals surface area (Å²) in [5, 5.41) is 7.96. The van der Waals surface area contributed by atoms with E-state index in [0.29, 0.717) is 18.7 Å². The predicted molar refractivity (Wildman–Crippen MR) is 177 cm³/mol. The van der Waals surface area contributed by atoms with Gasteiger partial charge in [0.05, 0.1) is 0 Å². The fraction of sp³-hybridized carbons (Fsp3) is 0.324. The van der Waals surface area contributed by atoms with Gasteiger partial charge in [0, 0.05) is 18.7 Å². The van der Waals surface area contributed by atoms with E-state index in [4.69, 9.17) is 4.74 Å². The number of ether oxygens (including phenoxy) is 1. The lowest BCUT2D eigenvalue weighted by atomic mass is 9.95. The first-order valence-electron chi connectivity index (χ1n) is 15.2. The van der Waals surface area contributed by atoms with E-state index in [1.165, 1.54) is 0 Å². The maximum Gasteiger partial charge on any atom is 0.408 e. The lowest BCUT2D eigenvalue weighted by molar-refractivity contribution is -0.140. The third-order valence-electron chi connectivity index (χ3n) is 7.32. The Morgan fingerprint density at radius 1 is 0.841 bits per heavy atom. The SMILES string of the molecule is CCCN(C(=O)C(Cc1ccccc1)NC(=O)OC(C)(C)C)C(C(=O)Nc1ccc2ccccc2c1)c1ccc(C)cc1C. The quantitative estimate of drug-likeness (QED) is 0.199. The Morgan fingerprint density at radius 3 is 2.18 bits per heavy atom. The van der Waals surface area contributed by atoms with Crippen LogP contribution in [0.4, 0.5) is 10.5 Å². The van der Waals surface area contributed by atoms with Gasteiger partial charge in [-0.05, 0) is 80.6 Å². The van der Waals surface area contributed by atoms with Crippen LogP contribution in [0.3, 0.4) is 0 Å². The van der Waals surface area contributed by atoms with E-state index in [-0.39, 0.29) is 18.2 Å². The number of hydrogen-bond donors (Lipinski definition) is 2. The van der Waals surface area contributed by atoms with Gasteiger partial charge in [0.1, 0.15) is 17.7 Å². The highest BCUT2D eigenvalue weighted by molar-refractivity contribution is 6.00. The largest absolute Gasteiger partial charge is 0.444 e. The number of alkyl carbamates (subject to hydrolysis) is 1. The lowest BCUT2D eigenvalue weighted by Crippen LogP contribution is -2.53. The molecule has 0 aliphatic heterocycles. The molecular formula is C37H43N3O4. The summed E-state index contributed by atoms with van der Waals surface area (Å²) >= 11 is 0. The lowest BCUT2D eigenvalue weighted by Gasteiger charge is -2.35. The van der Waals surface area contributed by atoms with E-state index in [9.17, 15) is 14.4 Å². The van der Waals surface area contributed by atoms with Crippen LogP contribution in [0.15, 0.2) is 91.0 Å². The van der Waals surface area contributed by atoms with Crippen LogP contribution in [-0.2, 0) is 20.7 Å². The molecule has 7 nitrogen and oxygen atoms in total. The molecule has 2 N–H and O–H groups in total. The summed E-state index contributed by atoms with van der Waals surface area (Å²) in [4.78, 5) is 43.4. The number of amides is 3. The molecule has 44 heavy (non-hydrogen) atoms. The van der Waals surface area contributed by atoms with Gasteiger partial charge in [0.15, 0.2) is 0 Å². The Labute approximate surface area is 260 Å². The van der Waals surface area contributed by atoms with Crippen LogP contribution in [-0.4, -0.2) is 41.0 Å². The summed E-state index contributed by atoms with van der Waals surface area (Å²) < 4.78 is 5.53. The van der Waals surface area contributed by atoms with Crippen molar-refractivity contribution in [2.45, 2.75) is 72.1 Å². The zero-order valence-corrected chi connectivity index (χ0v) is 26.5. The number of nitrogens with zero attached hydrogens (tertiary/aromatic N) is 1. The van der Waals surface area contributed by atoms with Crippen molar-refractivity contribution in [1.29, 1.82) is 0 Å². The average Bonchev–Trinajstić information content (AvgIpc) is 2.96. The van der Waals surface area contributed by atoms with Gasteiger partial charge in [-0.3, -0.25) is 9.59 Å². The van der Waals surface area contributed by atoms with Gasteiger partial charge in [-0.25, -0.2) is 4.79 Å². The number of benzene rings is 4. The first-order chi connectivity index (χ1) is 20.9. The summed E-state index contributed by atoms with van der Waals surface area (Å²) in [6, 6.07) is 27.2. The maximum atomic E-state index is 14.5. The molecule has 7 heteroatoms. The summed E-state index contributed by atoms with van der Waals surface area (Å²) in [6.07, 6.45) is 0.165. The third-order valence-corrected chi connectivity index (χ3v) is 7.32. The van der Waals surface area contributed by atoms with E-state index < -0.39 is 23.8 Å². The molecule has 4 rings (SSSR count). The Kier molecular flexibility index (Phi) is 10.4. The van der Waals surface area contributed by atoms with Gasteiger partial charge in [-0.2, -0.15) is 0 Å². The molecule has 4 aromatic carbocycles. The van der Waals surface area contributed by atoms with Crippen LogP contribution >= 0.6 is 0 Å². The zero-order valence-electron chi connectivity index (χ0n) is 26.5. The molecule has 4 aromatic rings. The van der Waals surface area contributed by atoms with Gasteiger partial charge in [-0.1, -0.05) is 91.3 Å². The Morgan fingerprint density at radius 2 is 1.52 bits per heavy atom. The van der Waals surface area contributed by atoms with Crippen LogP contribution in [0, 0.1) is 13.8 Å². The summed E-state index contributed by atoms with van der Waals surface area (Å²) in [5.41, 5.74) is 3.46. The van der Waals surface area contributed by atoms with E-state index in [2.05, 4.69) is 10.6 Å². The molecule has 0 saturated heterocycles. The van der Waals surface area contributed by atoms with Gasteiger partial charge in [0.2, 0.25) is 5.91 Å². The number of nitrogens with one attached hydrogen (secondary N) is 2. The first-order valence-corrected chi connectivity index (χ1v) is 15.2. The molecule has 0 saturated carbocycles. The molecule has 0 aliphatic carbocycles. The normalized spacial score (nSPS) is 12.7. The summed E-state index contributed by atoms with van der Waals surface area (Å²) in [5.74, 6) is -0.690. The third kappa shape index (κ3) is 8.47. The molecule has 230 valence electrons. The van der Waals surface area contributed by atoms with Crippen LogP contribution in [0.5, 0.6) is 0 Å². The molecule has 2 unspecified atom stereocenters. The standard InChI is InChI=1S/C37H43N3O4/c1-7-21-40(35(42)32(23-27-13-9-8-10-14-27)39-36(43)44-37(4,5)6)33(31-20-17-25(2)22-26(31)3)34(41)38-30-19-18-28-15-11-12-16-29(28)24-30/h8-20,22,24,32-33H,7,21,23H2,1-6H3,(H,38,41)(H,39,43). The van der Waals surface area contributed by atoms with E-state index in [0.717, 1.165) is 33.0 Å². The zero-order chi connectivity index (χ0) is 31.9. The molecule has 0 bridgehead atoms. The van der Waals surface area contributed by atoms with Crippen molar-refractivity contribution in [3.8, 4) is 0 Å². The summed E-state index contributed by atoms with van der Waals surface area (Å²) in [7, 11) is 0. The van der Waals surface area contributed by atoms with Gasteiger partial charge in [0.25, 0.3) is 5.91 Å². The number of carbonyl (C=O) groups is 3. The highest BCUT2D eigenvalue weighted by atomic mass is 16.6. The number of anilines is 1. The molecule has 0 fully saturated rings. The molecule has 2 atom stereocenters.